The van der Waals surface area contributed by atoms with E-state index in [4.69, 9.17) is 11.5 Å². The fourth-order valence-electron chi connectivity index (χ4n) is 1.22. The van der Waals surface area contributed by atoms with Gasteiger partial charge >= 0.3 is 0 Å². The van der Waals surface area contributed by atoms with E-state index in [-0.39, 0.29) is 6.29 Å². The van der Waals surface area contributed by atoms with Gasteiger partial charge in [-0.2, -0.15) is 0 Å². The van der Waals surface area contributed by atoms with Crippen molar-refractivity contribution in [1.29, 1.82) is 0 Å². The zero-order valence-electron chi connectivity index (χ0n) is 5.71. The first-order chi connectivity index (χ1) is 4.30. The SMILES string of the molecule is NC(N)N1CCCCC1. The molecule has 0 aliphatic carbocycles. The lowest BCUT2D eigenvalue weighted by atomic mass is 10.1. The number of nitrogens with zero attached hydrogens (tertiary/aromatic N) is 1. The predicted octanol–water partition coefficient (Wildman–Crippen LogP) is -0.327. The molecule has 1 aliphatic rings. The summed E-state index contributed by atoms with van der Waals surface area (Å²) < 4.78 is 0. The van der Waals surface area contributed by atoms with Crippen molar-refractivity contribution in [3.63, 3.8) is 0 Å². The molecular formula is C6H15N3. The van der Waals surface area contributed by atoms with Crippen LogP contribution in [0.3, 0.4) is 0 Å². The van der Waals surface area contributed by atoms with Gasteiger partial charge in [-0.1, -0.05) is 6.42 Å². The lowest BCUT2D eigenvalue weighted by Crippen LogP contribution is -2.50. The molecule has 0 aromatic rings. The monoisotopic (exact) mass is 129 g/mol. The third kappa shape index (κ3) is 1.93. The molecule has 3 heteroatoms. The van der Waals surface area contributed by atoms with Gasteiger partial charge in [0.05, 0.1) is 0 Å². The average molecular weight is 129 g/mol. The summed E-state index contributed by atoms with van der Waals surface area (Å²) in [5.74, 6) is 0. The third-order valence-corrected chi connectivity index (χ3v) is 1.81. The van der Waals surface area contributed by atoms with Crippen molar-refractivity contribution in [3.8, 4) is 0 Å². The van der Waals surface area contributed by atoms with E-state index in [0.717, 1.165) is 13.1 Å². The highest BCUT2D eigenvalue weighted by Gasteiger charge is 2.12. The maximum absolute atomic E-state index is 5.47. The summed E-state index contributed by atoms with van der Waals surface area (Å²) in [6, 6.07) is 0. The van der Waals surface area contributed by atoms with Crippen LogP contribution in [0.25, 0.3) is 0 Å². The predicted molar refractivity (Wildman–Crippen MR) is 37.6 cm³/mol. The van der Waals surface area contributed by atoms with Crippen molar-refractivity contribution in [2.75, 3.05) is 13.1 Å². The van der Waals surface area contributed by atoms with Gasteiger partial charge in [-0.15, -0.1) is 0 Å². The molecule has 1 fully saturated rings. The van der Waals surface area contributed by atoms with Crippen LogP contribution in [0.15, 0.2) is 0 Å². The summed E-state index contributed by atoms with van der Waals surface area (Å²) >= 11 is 0. The molecule has 0 amide bonds. The summed E-state index contributed by atoms with van der Waals surface area (Å²) in [5.41, 5.74) is 10.9. The fourth-order valence-corrected chi connectivity index (χ4v) is 1.22. The second-order valence-electron chi connectivity index (χ2n) is 2.59. The van der Waals surface area contributed by atoms with Crippen LogP contribution in [0.5, 0.6) is 0 Å². The van der Waals surface area contributed by atoms with Crippen LogP contribution in [0.4, 0.5) is 0 Å². The van der Waals surface area contributed by atoms with Gasteiger partial charge in [0.25, 0.3) is 0 Å². The van der Waals surface area contributed by atoms with Crippen LogP contribution in [0.1, 0.15) is 19.3 Å². The van der Waals surface area contributed by atoms with Crippen LogP contribution in [-0.4, -0.2) is 24.3 Å². The Morgan fingerprint density at radius 1 is 1.00 bits per heavy atom. The summed E-state index contributed by atoms with van der Waals surface area (Å²) in [6.07, 6.45) is 3.62. The van der Waals surface area contributed by atoms with E-state index >= 15 is 0 Å². The topological polar surface area (TPSA) is 55.3 Å². The molecule has 1 saturated heterocycles. The Kier molecular flexibility index (Phi) is 2.45. The maximum atomic E-state index is 5.47. The number of rotatable bonds is 1. The Morgan fingerprint density at radius 2 is 1.56 bits per heavy atom. The molecule has 1 aliphatic heterocycles. The molecule has 0 bridgehead atoms. The fraction of sp³-hybridized carbons (Fsp3) is 1.00. The van der Waals surface area contributed by atoms with Gasteiger partial charge in [0.1, 0.15) is 6.29 Å². The first kappa shape index (κ1) is 6.99. The van der Waals surface area contributed by atoms with Gasteiger partial charge in [-0.3, -0.25) is 4.90 Å². The van der Waals surface area contributed by atoms with Crippen LogP contribution in [0.2, 0.25) is 0 Å². The number of nitrogens with two attached hydrogens (primary N) is 2. The van der Waals surface area contributed by atoms with Crippen LogP contribution in [-0.2, 0) is 0 Å². The third-order valence-electron chi connectivity index (χ3n) is 1.81. The molecule has 1 heterocycles. The zero-order chi connectivity index (χ0) is 6.69. The van der Waals surface area contributed by atoms with Crippen LogP contribution < -0.4 is 11.5 Å². The quantitative estimate of drug-likeness (QED) is 0.477. The van der Waals surface area contributed by atoms with Crippen molar-refractivity contribution in [2.24, 2.45) is 11.5 Å². The second-order valence-corrected chi connectivity index (χ2v) is 2.59. The number of piperidine rings is 1. The summed E-state index contributed by atoms with van der Waals surface area (Å²) in [4.78, 5) is 2.11. The largest absolute Gasteiger partial charge is 0.304 e. The van der Waals surface area contributed by atoms with Gasteiger partial charge in [-0.05, 0) is 12.8 Å². The Hall–Kier alpha value is -0.120. The van der Waals surface area contributed by atoms with Crippen molar-refractivity contribution < 1.29 is 0 Å². The van der Waals surface area contributed by atoms with E-state index in [1.54, 1.807) is 0 Å². The van der Waals surface area contributed by atoms with Crippen LogP contribution in [0, 0.1) is 0 Å². The van der Waals surface area contributed by atoms with Gasteiger partial charge in [0.2, 0.25) is 0 Å². The van der Waals surface area contributed by atoms with Gasteiger partial charge in [0.15, 0.2) is 0 Å². The normalized spacial score (nSPS) is 23.0. The van der Waals surface area contributed by atoms with Gasteiger partial charge in [-0.25, -0.2) is 0 Å². The summed E-state index contributed by atoms with van der Waals surface area (Å²) in [5, 5.41) is 0. The smallest absolute Gasteiger partial charge is 0.109 e. The molecule has 0 radical (unpaired) electrons. The highest BCUT2D eigenvalue weighted by atomic mass is 15.3. The molecule has 0 atom stereocenters. The first-order valence-electron chi connectivity index (χ1n) is 3.56. The Morgan fingerprint density at radius 3 is 1.89 bits per heavy atom. The number of likely N-dealkylation sites (tertiary alicyclic amines) is 1. The number of hydrogen-bond donors (Lipinski definition) is 2. The minimum absolute atomic E-state index is 0.231. The summed E-state index contributed by atoms with van der Waals surface area (Å²) in [7, 11) is 0. The Balaban J connectivity index is 2.23. The molecule has 0 spiro atoms. The maximum Gasteiger partial charge on any atom is 0.109 e. The molecule has 9 heavy (non-hydrogen) atoms. The first-order valence-corrected chi connectivity index (χ1v) is 3.56. The summed E-state index contributed by atoms with van der Waals surface area (Å²) in [6.45, 7) is 2.16. The second kappa shape index (κ2) is 3.15. The van der Waals surface area contributed by atoms with E-state index in [1.807, 2.05) is 0 Å². The van der Waals surface area contributed by atoms with Gasteiger partial charge < -0.3 is 11.5 Å². The standard InChI is InChI=1S/C6H15N3/c7-6(8)9-4-2-1-3-5-9/h6H,1-5,7-8H2. The Bertz CT molecular complexity index is 76.4. The molecule has 54 valence electrons. The van der Waals surface area contributed by atoms with E-state index in [1.165, 1.54) is 19.3 Å². The molecule has 3 nitrogen and oxygen atoms in total. The molecule has 0 aromatic heterocycles. The molecule has 0 aromatic carbocycles. The highest BCUT2D eigenvalue weighted by molar-refractivity contribution is 4.65. The molecule has 1 rings (SSSR count). The van der Waals surface area contributed by atoms with Crippen molar-refractivity contribution in [1.82, 2.24) is 4.90 Å². The lowest BCUT2D eigenvalue weighted by molar-refractivity contribution is 0.170. The highest BCUT2D eigenvalue weighted by Crippen LogP contribution is 2.07. The van der Waals surface area contributed by atoms with Gasteiger partial charge in [0, 0.05) is 13.1 Å². The average Bonchev–Trinajstić information content (AvgIpc) is 1.90. The van der Waals surface area contributed by atoms with Crippen molar-refractivity contribution >= 4 is 0 Å². The van der Waals surface area contributed by atoms with E-state index in [2.05, 4.69) is 4.90 Å². The minimum Gasteiger partial charge on any atom is -0.304 e. The van der Waals surface area contributed by atoms with E-state index in [9.17, 15) is 0 Å². The van der Waals surface area contributed by atoms with Crippen LogP contribution >= 0.6 is 0 Å². The van der Waals surface area contributed by atoms with E-state index in [0.29, 0.717) is 0 Å². The lowest BCUT2D eigenvalue weighted by Gasteiger charge is -2.29. The zero-order valence-corrected chi connectivity index (χ0v) is 5.71. The molecular weight excluding hydrogens is 114 g/mol. The van der Waals surface area contributed by atoms with Crippen molar-refractivity contribution in [3.05, 3.63) is 0 Å². The molecule has 0 unspecified atom stereocenters. The van der Waals surface area contributed by atoms with E-state index < -0.39 is 0 Å². The number of hydrogen-bond acceptors (Lipinski definition) is 3. The minimum atomic E-state index is -0.231. The molecule has 0 saturated carbocycles. The van der Waals surface area contributed by atoms with Crippen molar-refractivity contribution in [2.45, 2.75) is 25.6 Å². The molecule has 4 N–H and O–H groups in total. The Labute approximate surface area is 56.0 Å².